The number of sulfonamides is 1. The van der Waals surface area contributed by atoms with Crippen molar-refractivity contribution in [1.82, 2.24) is 4.31 Å². The lowest BCUT2D eigenvalue weighted by atomic mass is 9.96. The van der Waals surface area contributed by atoms with Crippen molar-refractivity contribution in [3.8, 4) is 0 Å². The van der Waals surface area contributed by atoms with Gasteiger partial charge in [-0.15, -0.1) is 0 Å². The molecule has 0 amide bonds. The molecule has 0 atom stereocenters. The average molecular weight is 462 g/mol. The first-order valence-electron chi connectivity index (χ1n) is 9.86. The van der Waals surface area contributed by atoms with E-state index in [1.807, 2.05) is 12.1 Å². The van der Waals surface area contributed by atoms with Crippen LogP contribution in [0, 0.1) is 0 Å². The zero-order valence-corrected chi connectivity index (χ0v) is 18.7. The van der Waals surface area contributed by atoms with Crippen LogP contribution >= 0.6 is 23.2 Å². The van der Waals surface area contributed by atoms with Crippen LogP contribution in [-0.2, 0) is 10.0 Å². The van der Waals surface area contributed by atoms with Crippen LogP contribution < -0.4 is 4.90 Å². The first kappa shape index (κ1) is 21.3. The van der Waals surface area contributed by atoms with Gasteiger partial charge in [0.2, 0.25) is 10.0 Å². The Morgan fingerprint density at radius 1 is 0.767 bits per heavy atom. The maximum absolute atomic E-state index is 13.1. The fraction of sp³-hybridized carbons (Fsp3) is 0.217. The van der Waals surface area contributed by atoms with E-state index >= 15 is 0 Å². The average Bonchev–Trinajstić information content (AvgIpc) is 2.78. The molecule has 4 nitrogen and oxygen atoms in total. The fourth-order valence-corrected chi connectivity index (χ4v) is 5.87. The summed E-state index contributed by atoms with van der Waals surface area (Å²) in [6.07, 6.45) is 0. The maximum Gasteiger partial charge on any atom is 0.243 e. The summed E-state index contributed by atoms with van der Waals surface area (Å²) in [5.41, 5.74) is 2.47. The molecule has 0 aromatic heterocycles. The highest BCUT2D eigenvalue weighted by Crippen LogP contribution is 2.27. The van der Waals surface area contributed by atoms with Crippen molar-refractivity contribution in [1.29, 1.82) is 0 Å². The van der Waals surface area contributed by atoms with Crippen molar-refractivity contribution in [2.24, 2.45) is 0 Å². The molecule has 1 aliphatic heterocycles. The standard InChI is InChI=1S/C23H22Cl2N2O2S/c24-21-12-11-20(17-22(21)25)30(28,29)27-15-13-26(14-16-27)23(18-7-3-1-4-8-18)19-9-5-2-6-10-19/h1-12,17,23H,13-16H2/p+1. The number of nitrogens with zero attached hydrogens (tertiary/aromatic N) is 1. The van der Waals surface area contributed by atoms with Crippen LogP contribution in [0.15, 0.2) is 83.8 Å². The van der Waals surface area contributed by atoms with E-state index in [-0.39, 0.29) is 16.0 Å². The first-order valence-corrected chi connectivity index (χ1v) is 12.1. The van der Waals surface area contributed by atoms with E-state index in [1.54, 1.807) is 4.31 Å². The van der Waals surface area contributed by atoms with Gasteiger partial charge in [-0.1, -0.05) is 83.9 Å². The summed E-state index contributed by atoms with van der Waals surface area (Å²) in [5, 5.41) is 0.591. The van der Waals surface area contributed by atoms with E-state index in [1.165, 1.54) is 34.2 Å². The Hall–Kier alpha value is -1.89. The minimum atomic E-state index is -3.60. The van der Waals surface area contributed by atoms with Crippen LogP contribution in [-0.4, -0.2) is 38.9 Å². The van der Waals surface area contributed by atoms with Gasteiger partial charge in [0.1, 0.15) is 6.04 Å². The summed E-state index contributed by atoms with van der Waals surface area (Å²) >= 11 is 12.0. The zero-order valence-electron chi connectivity index (χ0n) is 16.3. The number of hydrogen-bond acceptors (Lipinski definition) is 2. The summed E-state index contributed by atoms with van der Waals surface area (Å²) in [4.78, 5) is 1.54. The van der Waals surface area contributed by atoms with Gasteiger partial charge in [-0.05, 0) is 18.2 Å². The van der Waals surface area contributed by atoms with Crippen molar-refractivity contribution in [2.45, 2.75) is 10.9 Å². The topological polar surface area (TPSA) is 41.8 Å². The summed E-state index contributed by atoms with van der Waals surface area (Å²) < 4.78 is 27.7. The van der Waals surface area contributed by atoms with E-state index in [2.05, 4.69) is 48.5 Å². The largest absolute Gasteiger partial charge is 0.323 e. The number of rotatable bonds is 5. The van der Waals surface area contributed by atoms with E-state index in [0.29, 0.717) is 18.1 Å². The SMILES string of the molecule is O=S(=O)(c1ccc(Cl)c(Cl)c1)N1CC[NH+](C(c2ccccc2)c2ccccc2)CC1. The van der Waals surface area contributed by atoms with Gasteiger partial charge in [0.25, 0.3) is 0 Å². The molecule has 1 heterocycles. The molecular formula is C23H23Cl2N2O2S+. The minimum absolute atomic E-state index is 0.169. The van der Waals surface area contributed by atoms with E-state index in [9.17, 15) is 8.42 Å². The molecule has 1 saturated heterocycles. The molecule has 0 bridgehead atoms. The smallest absolute Gasteiger partial charge is 0.243 e. The number of quaternary nitrogens is 1. The molecule has 0 radical (unpaired) electrons. The molecule has 4 rings (SSSR count). The van der Waals surface area contributed by atoms with Gasteiger partial charge in [-0.25, -0.2) is 8.42 Å². The lowest BCUT2D eigenvalue weighted by molar-refractivity contribution is -0.929. The normalized spacial score (nSPS) is 16.1. The summed E-state index contributed by atoms with van der Waals surface area (Å²) in [6, 6.07) is 25.4. The van der Waals surface area contributed by atoms with Crippen molar-refractivity contribution in [2.75, 3.05) is 26.2 Å². The lowest BCUT2D eigenvalue weighted by Gasteiger charge is -2.36. The second-order valence-electron chi connectivity index (χ2n) is 7.39. The molecule has 0 aliphatic carbocycles. The molecule has 3 aromatic carbocycles. The molecule has 3 aromatic rings. The van der Waals surface area contributed by atoms with Crippen LogP contribution in [0.2, 0.25) is 10.0 Å². The van der Waals surface area contributed by atoms with Crippen LogP contribution in [0.25, 0.3) is 0 Å². The van der Waals surface area contributed by atoms with Gasteiger partial charge in [-0.2, -0.15) is 4.31 Å². The molecule has 0 saturated carbocycles. The summed E-state index contributed by atoms with van der Waals surface area (Å²) in [7, 11) is -3.60. The Kier molecular flexibility index (Phi) is 6.46. The van der Waals surface area contributed by atoms with Gasteiger partial charge in [0.15, 0.2) is 0 Å². The highest BCUT2D eigenvalue weighted by Gasteiger charge is 2.35. The molecule has 1 fully saturated rings. The van der Waals surface area contributed by atoms with E-state index in [0.717, 1.165) is 13.1 Å². The van der Waals surface area contributed by atoms with Crippen LogP contribution in [0.3, 0.4) is 0 Å². The molecule has 0 unspecified atom stereocenters. The van der Waals surface area contributed by atoms with E-state index in [4.69, 9.17) is 23.2 Å². The molecule has 7 heteroatoms. The predicted molar refractivity (Wildman–Crippen MR) is 121 cm³/mol. The predicted octanol–water partition coefficient (Wildman–Crippen LogP) is 3.67. The van der Waals surface area contributed by atoms with Crippen LogP contribution in [0.1, 0.15) is 17.2 Å². The number of nitrogens with one attached hydrogen (secondary N) is 1. The van der Waals surface area contributed by atoms with Crippen molar-refractivity contribution < 1.29 is 13.3 Å². The number of piperazine rings is 1. The molecule has 1 aliphatic rings. The molecule has 0 spiro atoms. The Morgan fingerprint density at radius 2 is 1.30 bits per heavy atom. The van der Waals surface area contributed by atoms with Gasteiger partial charge in [0.05, 0.1) is 41.1 Å². The third-order valence-corrected chi connectivity index (χ3v) is 8.20. The second-order valence-corrected chi connectivity index (χ2v) is 10.1. The number of benzene rings is 3. The molecule has 156 valence electrons. The Bertz CT molecular complexity index is 1060. The Balaban J connectivity index is 1.55. The van der Waals surface area contributed by atoms with Crippen molar-refractivity contribution >= 4 is 33.2 Å². The van der Waals surface area contributed by atoms with E-state index < -0.39 is 10.0 Å². The Labute approximate surface area is 187 Å². The van der Waals surface area contributed by atoms with Gasteiger partial charge < -0.3 is 4.90 Å². The molecule has 1 N–H and O–H groups in total. The number of hydrogen-bond donors (Lipinski definition) is 1. The van der Waals surface area contributed by atoms with Gasteiger partial charge in [0, 0.05) is 11.1 Å². The van der Waals surface area contributed by atoms with Gasteiger partial charge >= 0.3 is 0 Å². The molecular weight excluding hydrogens is 439 g/mol. The highest BCUT2D eigenvalue weighted by molar-refractivity contribution is 7.89. The van der Waals surface area contributed by atoms with Crippen LogP contribution in [0.4, 0.5) is 0 Å². The summed E-state index contributed by atoms with van der Waals surface area (Å²) in [5.74, 6) is 0. The van der Waals surface area contributed by atoms with Crippen LogP contribution in [0.5, 0.6) is 0 Å². The lowest BCUT2D eigenvalue weighted by Crippen LogP contribution is -3.15. The van der Waals surface area contributed by atoms with Crippen molar-refractivity contribution in [3.63, 3.8) is 0 Å². The van der Waals surface area contributed by atoms with Crippen molar-refractivity contribution in [3.05, 3.63) is 100 Å². The summed E-state index contributed by atoms with van der Waals surface area (Å²) in [6.45, 7) is 2.34. The monoisotopic (exact) mass is 461 g/mol. The second kappa shape index (κ2) is 9.08. The fourth-order valence-electron chi connectivity index (χ4n) is 4.04. The first-order chi connectivity index (χ1) is 14.5. The number of halogens is 2. The van der Waals surface area contributed by atoms with Gasteiger partial charge in [-0.3, -0.25) is 0 Å². The molecule has 30 heavy (non-hydrogen) atoms. The quantitative estimate of drug-likeness (QED) is 0.629. The highest BCUT2D eigenvalue weighted by atomic mass is 35.5. The zero-order chi connectivity index (χ0) is 21.1. The maximum atomic E-state index is 13.1. The third-order valence-electron chi connectivity index (χ3n) is 5.57. The third kappa shape index (κ3) is 4.41. The minimum Gasteiger partial charge on any atom is -0.323 e. The Morgan fingerprint density at radius 3 is 1.80 bits per heavy atom.